The van der Waals surface area contributed by atoms with Gasteiger partial charge in [-0.2, -0.15) is 0 Å². The normalized spacial score (nSPS) is 13.2. The van der Waals surface area contributed by atoms with E-state index < -0.39 is 18.1 Å². The quantitative estimate of drug-likeness (QED) is 0.0281. The summed E-state index contributed by atoms with van der Waals surface area (Å²) in [5.41, 5.74) is 0. The van der Waals surface area contributed by atoms with Gasteiger partial charge >= 0.3 is 17.9 Å². The molecule has 8 nitrogen and oxygen atoms in total. The van der Waals surface area contributed by atoms with Crippen LogP contribution in [0.25, 0.3) is 0 Å². The zero-order valence-corrected chi connectivity index (χ0v) is 41.1. The Kier molecular flexibility index (Phi) is 42.9. The lowest BCUT2D eigenvalue weighted by Gasteiger charge is -2.31. The topological polar surface area (TPSA) is 99.1 Å². The number of aliphatic carboxylic acids is 1. The number of allylic oxidation sites excluding steroid dienone is 8. The summed E-state index contributed by atoms with van der Waals surface area (Å²) in [6.45, 7) is 4.62. The zero-order chi connectivity index (χ0) is 45.6. The second-order valence-corrected chi connectivity index (χ2v) is 18.4. The molecule has 0 aromatic rings. The van der Waals surface area contributed by atoms with Crippen molar-refractivity contribution in [3.8, 4) is 0 Å². The van der Waals surface area contributed by atoms with Gasteiger partial charge in [-0.15, -0.1) is 0 Å². The molecule has 0 aromatic heterocycles. The molecule has 0 aliphatic heterocycles. The Balaban J connectivity index is 4.23. The summed E-state index contributed by atoms with van der Waals surface area (Å²) in [5, 5.41) is 9.65. The van der Waals surface area contributed by atoms with Crippen molar-refractivity contribution in [3.63, 3.8) is 0 Å². The third-order valence-corrected chi connectivity index (χ3v) is 11.5. The number of esters is 2. The van der Waals surface area contributed by atoms with E-state index in [2.05, 4.69) is 62.5 Å². The van der Waals surface area contributed by atoms with Crippen molar-refractivity contribution in [2.24, 2.45) is 0 Å². The summed E-state index contributed by atoms with van der Waals surface area (Å²) < 4.78 is 17.3. The van der Waals surface area contributed by atoms with Gasteiger partial charge in [-0.05, 0) is 51.4 Å². The molecule has 0 aliphatic rings. The number of hydrogen-bond acceptors (Lipinski definition) is 6. The minimum absolute atomic E-state index is 0.0493. The molecule has 0 bridgehead atoms. The van der Waals surface area contributed by atoms with E-state index in [1.54, 1.807) is 0 Å². The number of nitrogens with zero attached hydrogens (tertiary/aromatic N) is 1. The van der Waals surface area contributed by atoms with E-state index in [1.807, 2.05) is 21.1 Å². The minimum atomic E-state index is -0.879. The molecule has 0 saturated carbocycles. The van der Waals surface area contributed by atoms with E-state index >= 15 is 0 Å². The third kappa shape index (κ3) is 42.6. The van der Waals surface area contributed by atoms with Gasteiger partial charge in [-0.3, -0.25) is 9.59 Å². The molecule has 0 aliphatic carbocycles. The van der Waals surface area contributed by atoms with Crippen molar-refractivity contribution in [2.45, 2.75) is 238 Å². The van der Waals surface area contributed by atoms with Gasteiger partial charge < -0.3 is 23.8 Å². The van der Waals surface area contributed by atoms with Crippen molar-refractivity contribution in [3.05, 3.63) is 48.6 Å². The molecule has 2 atom stereocenters. The maximum absolute atomic E-state index is 12.8. The van der Waals surface area contributed by atoms with Crippen molar-refractivity contribution in [1.82, 2.24) is 0 Å². The number of unbranched alkanes of at least 4 members (excludes halogenated alkanes) is 24. The van der Waals surface area contributed by atoms with E-state index in [9.17, 15) is 19.5 Å². The van der Waals surface area contributed by atoms with Crippen LogP contribution in [0.15, 0.2) is 48.6 Å². The van der Waals surface area contributed by atoms with E-state index in [-0.39, 0.29) is 36.2 Å². The van der Waals surface area contributed by atoms with Crippen LogP contribution in [0.5, 0.6) is 0 Å². The third-order valence-electron chi connectivity index (χ3n) is 11.5. The van der Waals surface area contributed by atoms with E-state index in [0.717, 1.165) is 70.6 Å². The molecule has 360 valence electrons. The van der Waals surface area contributed by atoms with Crippen LogP contribution in [0.2, 0.25) is 0 Å². The van der Waals surface area contributed by atoms with Gasteiger partial charge in [0.1, 0.15) is 6.61 Å². The minimum Gasteiger partial charge on any atom is -0.477 e. The molecule has 0 amide bonds. The Morgan fingerprint density at radius 3 is 1.34 bits per heavy atom. The van der Waals surface area contributed by atoms with Gasteiger partial charge in [0.15, 0.2) is 12.1 Å². The summed E-state index contributed by atoms with van der Waals surface area (Å²) in [6.07, 6.45) is 54.6. The Labute approximate surface area is 382 Å². The first-order chi connectivity index (χ1) is 30.1. The average Bonchev–Trinajstić information content (AvgIpc) is 3.23. The van der Waals surface area contributed by atoms with Crippen molar-refractivity contribution in [2.75, 3.05) is 41.0 Å². The smallest absolute Gasteiger partial charge is 0.362 e. The Morgan fingerprint density at radius 2 is 0.903 bits per heavy atom. The van der Waals surface area contributed by atoms with Gasteiger partial charge in [-0.25, -0.2) is 4.79 Å². The molecule has 0 rings (SSSR count). The highest BCUT2D eigenvalue weighted by Crippen LogP contribution is 2.16. The number of hydrogen-bond donors (Lipinski definition) is 1. The number of likely N-dealkylation sites (N-methyl/N-ethyl adjacent to an activating group) is 1. The average molecular weight is 873 g/mol. The maximum atomic E-state index is 12.8. The Morgan fingerprint density at radius 1 is 0.500 bits per heavy atom. The summed E-state index contributed by atoms with van der Waals surface area (Å²) in [7, 11) is 5.52. The van der Waals surface area contributed by atoms with Crippen LogP contribution in [-0.2, 0) is 28.6 Å². The van der Waals surface area contributed by atoms with Gasteiger partial charge in [0.05, 0.1) is 34.4 Å². The molecule has 8 heteroatoms. The molecule has 1 N–H and O–H groups in total. The van der Waals surface area contributed by atoms with Gasteiger partial charge in [0.25, 0.3) is 0 Å². The molecular weight excluding hydrogens is 775 g/mol. The fraction of sp³-hybridized carbons (Fsp3) is 0.796. The van der Waals surface area contributed by atoms with Crippen LogP contribution >= 0.6 is 0 Å². The lowest BCUT2D eigenvalue weighted by atomic mass is 10.0. The van der Waals surface area contributed by atoms with Crippen LogP contribution in [0.4, 0.5) is 0 Å². The lowest BCUT2D eigenvalue weighted by Crippen LogP contribution is -2.50. The fourth-order valence-electron chi connectivity index (χ4n) is 7.55. The first-order valence-electron chi connectivity index (χ1n) is 25.7. The number of rotatable bonds is 46. The fourth-order valence-corrected chi connectivity index (χ4v) is 7.55. The van der Waals surface area contributed by atoms with Gasteiger partial charge in [0, 0.05) is 19.3 Å². The molecule has 62 heavy (non-hydrogen) atoms. The van der Waals surface area contributed by atoms with Crippen molar-refractivity contribution >= 4 is 17.9 Å². The highest BCUT2D eigenvalue weighted by Gasteiger charge is 2.31. The molecule has 2 unspecified atom stereocenters. The summed E-state index contributed by atoms with van der Waals surface area (Å²) in [5.74, 6) is -1.50. The van der Waals surface area contributed by atoms with E-state index in [4.69, 9.17) is 14.2 Å². The second kappa shape index (κ2) is 44.9. The molecule has 0 heterocycles. The first-order valence-corrected chi connectivity index (χ1v) is 25.7. The molecular formula is C54H98NO7+. The lowest BCUT2D eigenvalue weighted by molar-refractivity contribution is -0.887. The predicted octanol–water partition coefficient (Wildman–Crippen LogP) is 14.8. The molecule has 0 fully saturated rings. The second-order valence-electron chi connectivity index (χ2n) is 18.4. The predicted molar refractivity (Wildman–Crippen MR) is 261 cm³/mol. The number of carbonyl (C=O) groups excluding carboxylic acids is 2. The summed E-state index contributed by atoms with van der Waals surface area (Å²) in [6, 6.07) is -0.621. The number of carboxylic acid groups (broad SMARTS) is 1. The van der Waals surface area contributed by atoms with Crippen LogP contribution in [0, 0.1) is 0 Å². The molecule has 0 aromatic carbocycles. The first kappa shape index (κ1) is 59.3. The van der Waals surface area contributed by atoms with Gasteiger partial charge in [0.2, 0.25) is 0 Å². The SMILES string of the molecule is CC/C=C/C/C=C/C/C=C/C/C=C/CCCCCC(=O)OC(COCCC(C(=O)O)[N+](C)(C)C)COC(=O)CCCCCCCCCCCCCCCCCCCCCCCC. The number of quaternary nitrogens is 1. The number of ether oxygens (including phenoxy) is 3. The van der Waals surface area contributed by atoms with Gasteiger partial charge in [-0.1, -0.05) is 204 Å². The van der Waals surface area contributed by atoms with Crippen LogP contribution in [0.1, 0.15) is 226 Å². The monoisotopic (exact) mass is 873 g/mol. The maximum Gasteiger partial charge on any atom is 0.362 e. The van der Waals surface area contributed by atoms with Crippen LogP contribution in [-0.4, -0.2) is 80.6 Å². The van der Waals surface area contributed by atoms with Crippen LogP contribution < -0.4 is 0 Å². The van der Waals surface area contributed by atoms with Crippen molar-refractivity contribution in [1.29, 1.82) is 0 Å². The Bertz CT molecular complexity index is 1150. The highest BCUT2D eigenvalue weighted by molar-refractivity contribution is 5.72. The number of carbonyl (C=O) groups is 3. The van der Waals surface area contributed by atoms with Crippen molar-refractivity contribution < 1.29 is 38.2 Å². The van der Waals surface area contributed by atoms with E-state index in [1.165, 1.54) is 122 Å². The zero-order valence-electron chi connectivity index (χ0n) is 41.1. The summed E-state index contributed by atoms with van der Waals surface area (Å²) in [4.78, 5) is 37.1. The molecule has 0 radical (unpaired) electrons. The highest BCUT2D eigenvalue weighted by atomic mass is 16.6. The van der Waals surface area contributed by atoms with E-state index in [0.29, 0.717) is 19.3 Å². The standard InChI is InChI=1S/C54H97NO7/c1-6-8-10-12-14-16-18-20-22-24-25-26-27-28-29-31-32-34-36-38-40-42-44-52(56)61-49-50(48-60-47-46-51(54(58)59)55(3,4)5)62-53(57)45-43-41-39-37-35-33-30-23-21-19-17-15-13-11-9-7-2/h9,11,15,17,21,23,33,35,50-51H,6-8,10,12-14,16,18-20,22,24-32,34,36-49H2,1-5H3/p+1/b11-9+,17-15+,23-21+,35-33+. The van der Waals surface area contributed by atoms with Crippen LogP contribution in [0.3, 0.4) is 0 Å². The largest absolute Gasteiger partial charge is 0.477 e. The number of carboxylic acids is 1. The summed E-state index contributed by atoms with van der Waals surface area (Å²) >= 11 is 0. The Hall–Kier alpha value is -2.71. The molecule has 0 spiro atoms. The molecule has 0 saturated heterocycles.